The summed E-state index contributed by atoms with van der Waals surface area (Å²) in [5, 5.41) is 0. The molecule has 0 aromatic carbocycles. The SMILES string of the molecule is Cc1cc(C(=O)CN2CCN(c3ccc(Br)cn3)CC2)c(C)n1C(C)C. The van der Waals surface area contributed by atoms with E-state index in [1.807, 2.05) is 24.4 Å². The number of pyridine rings is 1. The summed E-state index contributed by atoms with van der Waals surface area (Å²) in [7, 11) is 0. The first-order chi connectivity index (χ1) is 12.4. The molecule has 140 valence electrons. The van der Waals surface area contributed by atoms with Crippen molar-refractivity contribution in [1.29, 1.82) is 0 Å². The number of rotatable bonds is 5. The molecule has 0 bridgehead atoms. The van der Waals surface area contributed by atoms with Crippen LogP contribution in [0.1, 0.15) is 41.6 Å². The number of carbonyl (C=O) groups is 1. The Labute approximate surface area is 164 Å². The van der Waals surface area contributed by atoms with Crippen molar-refractivity contribution in [2.24, 2.45) is 0 Å². The summed E-state index contributed by atoms with van der Waals surface area (Å²) < 4.78 is 3.23. The fourth-order valence-electron chi connectivity index (χ4n) is 3.83. The van der Waals surface area contributed by atoms with Gasteiger partial charge in [0.15, 0.2) is 5.78 Å². The zero-order valence-corrected chi connectivity index (χ0v) is 17.6. The summed E-state index contributed by atoms with van der Waals surface area (Å²) in [6, 6.07) is 6.46. The van der Waals surface area contributed by atoms with Crippen molar-refractivity contribution >= 4 is 27.5 Å². The Kier molecular flexibility index (Phi) is 5.82. The lowest BCUT2D eigenvalue weighted by molar-refractivity contribution is 0.0925. The van der Waals surface area contributed by atoms with Crippen molar-refractivity contribution in [3.05, 3.63) is 45.8 Å². The highest BCUT2D eigenvalue weighted by atomic mass is 79.9. The molecule has 2 aromatic rings. The molecule has 0 unspecified atom stereocenters. The van der Waals surface area contributed by atoms with Crippen LogP contribution in [0.5, 0.6) is 0 Å². The zero-order chi connectivity index (χ0) is 18.8. The summed E-state index contributed by atoms with van der Waals surface area (Å²) in [6.45, 7) is 12.5. The summed E-state index contributed by atoms with van der Waals surface area (Å²) >= 11 is 3.42. The second-order valence-electron chi connectivity index (χ2n) is 7.27. The minimum Gasteiger partial charge on any atom is -0.354 e. The van der Waals surface area contributed by atoms with Crippen LogP contribution in [0.2, 0.25) is 0 Å². The van der Waals surface area contributed by atoms with Crippen molar-refractivity contribution < 1.29 is 4.79 Å². The fraction of sp³-hybridized carbons (Fsp3) is 0.500. The van der Waals surface area contributed by atoms with Gasteiger partial charge in [0.2, 0.25) is 0 Å². The number of Topliss-reactive ketones (excluding diaryl/α,β-unsaturated/α-hetero) is 1. The highest BCUT2D eigenvalue weighted by molar-refractivity contribution is 9.10. The van der Waals surface area contributed by atoms with E-state index in [0.29, 0.717) is 12.6 Å². The van der Waals surface area contributed by atoms with E-state index in [-0.39, 0.29) is 5.78 Å². The van der Waals surface area contributed by atoms with Crippen molar-refractivity contribution in [3.63, 3.8) is 0 Å². The van der Waals surface area contributed by atoms with Crippen LogP contribution in [0.3, 0.4) is 0 Å². The maximum Gasteiger partial charge on any atom is 0.178 e. The molecule has 0 aliphatic carbocycles. The molecule has 1 aliphatic heterocycles. The Hall–Kier alpha value is -1.66. The van der Waals surface area contributed by atoms with Crippen LogP contribution in [0.4, 0.5) is 5.82 Å². The Balaban J connectivity index is 1.60. The van der Waals surface area contributed by atoms with E-state index in [1.54, 1.807) is 0 Å². The predicted molar refractivity (Wildman–Crippen MR) is 109 cm³/mol. The van der Waals surface area contributed by atoms with Gasteiger partial charge in [0.25, 0.3) is 0 Å². The molecule has 0 N–H and O–H groups in total. The normalized spacial score (nSPS) is 15.7. The second kappa shape index (κ2) is 7.92. The third-order valence-electron chi connectivity index (χ3n) is 5.08. The quantitative estimate of drug-likeness (QED) is 0.691. The number of piperazine rings is 1. The number of hydrogen-bond acceptors (Lipinski definition) is 4. The van der Waals surface area contributed by atoms with Gasteiger partial charge in [-0.25, -0.2) is 4.98 Å². The number of halogens is 1. The molecule has 1 saturated heterocycles. The molecule has 0 spiro atoms. The van der Waals surface area contributed by atoms with Crippen LogP contribution in [0.15, 0.2) is 28.9 Å². The van der Waals surface area contributed by atoms with E-state index < -0.39 is 0 Å². The van der Waals surface area contributed by atoms with Crippen molar-refractivity contribution in [2.45, 2.75) is 33.7 Å². The van der Waals surface area contributed by atoms with Crippen molar-refractivity contribution in [3.8, 4) is 0 Å². The van der Waals surface area contributed by atoms with Crippen LogP contribution >= 0.6 is 15.9 Å². The standard InChI is InChI=1S/C20H27BrN4O/c1-14(2)25-15(3)11-18(16(25)4)19(26)13-23-7-9-24(10-8-23)20-6-5-17(21)12-22-20/h5-6,11-12,14H,7-10,13H2,1-4H3. The Morgan fingerprint density at radius 1 is 1.19 bits per heavy atom. The number of anilines is 1. The summed E-state index contributed by atoms with van der Waals surface area (Å²) in [4.78, 5) is 21.8. The summed E-state index contributed by atoms with van der Waals surface area (Å²) in [6.07, 6.45) is 1.83. The van der Waals surface area contributed by atoms with Crippen LogP contribution in [0.25, 0.3) is 0 Å². The first-order valence-electron chi connectivity index (χ1n) is 9.17. The first-order valence-corrected chi connectivity index (χ1v) is 9.96. The van der Waals surface area contributed by atoms with Gasteiger partial charge in [0.1, 0.15) is 5.82 Å². The third-order valence-corrected chi connectivity index (χ3v) is 5.55. The number of aryl methyl sites for hydroxylation is 1. The minimum atomic E-state index is 0.222. The molecule has 2 aromatic heterocycles. The number of ketones is 1. The molecule has 0 saturated carbocycles. The Bertz CT molecular complexity index is 774. The van der Waals surface area contributed by atoms with Gasteiger partial charge in [-0.2, -0.15) is 0 Å². The molecule has 5 nitrogen and oxygen atoms in total. The van der Waals surface area contributed by atoms with Crippen LogP contribution in [-0.4, -0.2) is 53.0 Å². The van der Waals surface area contributed by atoms with E-state index in [9.17, 15) is 4.79 Å². The number of nitrogens with zero attached hydrogens (tertiary/aromatic N) is 4. The van der Waals surface area contributed by atoms with E-state index >= 15 is 0 Å². The molecular formula is C20H27BrN4O. The molecule has 3 heterocycles. The van der Waals surface area contributed by atoms with Gasteiger partial charge < -0.3 is 9.47 Å². The average Bonchev–Trinajstić information content (AvgIpc) is 2.91. The lowest BCUT2D eigenvalue weighted by Gasteiger charge is -2.35. The Morgan fingerprint density at radius 2 is 1.88 bits per heavy atom. The fourth-order valence-corrected chi connectivity index (χ4v) is 4.07. The van der Waals surface area contributed by atoms with Gasteiger partial charge >= 0.3 is 0 Å². The molecule has 0 atom stereocenters. The topological polar surface area (TPSA) is 41.4 Å². The minimum absolute atomic E-state index is 0.222. The van der Waals surface area contributed by atoms with Crippen molar-refractivity contribution in [1.82, 2.24) is 14.5 Å². The number of hydrogen-bond donors (Lipinski definition) is 0. The molecular weight excluding hydrogens is 392 g/mol. The van der Waals surface area contributed by atoms with Gasteiger partial charge in [-0.15, -0.1) is 0 Å². The smallest absolute Gasteiger partial charge is 0.178 e. The van der Waals surface area contributed by atoms with Crippen molar-refractivity contribution in [2.75, 3.05) is 37.6 Å². The second-order valence-corrected chi connectivity index (χ2v) is 8.19. The maximum absolute atomic E-state index is 12.8. The van der Waals surface area contributed by atoms with Crippen LogP contribution < -0.4 is 4.90 Å². The number of carbonyl (C=O) groups excluding carboxylic acids is 1. The lowest BCUT2D eigenvalue weighted by atomic mass is 10.1. The molecule has 0 radical (unpaired) electrons. The summed E-state index contributed by atoms with van der Waals surface area (Å²) in [5.74, 6) is 1.22. The Morgan fingerprint density at radius 3 is 2.42 bits per heavy atom. The van der Waals surface area contributed by atoms with E-state index in [4.69, 9.17) is 0 Å². The maximum atomic E-state index is 12.8. The van der Waals surface area contributed by atoms with E-state index in [2.05, 4.69) is 63.0 Å². The third kappa shape index (κ3) is 4.01. The average molecular weight is 419 g/mol. The van der Waals surface area contributed by atoms with Gasteiger partial charge in [0, 0.05) is 59.8 Å². The molecule has 3 rings (SSSR count). The molecule has 6 heteroatoms. The first kappa shape index (κ1) is 19.1. The van der Waals surface area contributed by atoms with E-state index in [1.165, 1.54) is 0 Å². The highest BCUT2D eigenvalue weighted by Gasteiger charge is 2.23. The van der Waals surface area contributed by atoms with Gasteiger partial charge in [-0.1, -0.05) is 0 Å². The highest BCUT2D eigenvalue weighted by Crippen LogP contribution is 2.21. The predicted octanol–water partition coefficient (Wildman–Crippen LogP) is 3.85. The molecule has 1 aliphatic rings. The monoisotopic (exact) mass is 418 g/mol. The van der Waals surface area contributed by atoms with Gasteiger partial charge in [0.05, 0.1) is 6.54 Å². The number of aromatic nitrogens is 2. The largest absolute Gasteiger partial charge is 0.354 e. The zero-order valence-electron chi connectivity index (χ0n) is 16.0. The molecule has 26 heavy (non-hydrogen) atoms. The van der Waals surface area contributed by atoms with Gasteiger partial charge in [-0.3, -0.25) is 9.69 Å². The lowest BCUT2D eigenvalue weighted by Crippen LogP contribution is -2.48. The van der Waals surface area contributed by atoms with Crippen LogP contribution in [-0.2, 0) is 0 Å². The van der Waals surface area contributed by atoms with Crippen LogP contribution in [0, 0.1) is 13.8 Å². The van der Waals surface area contributed by atoms with E-state index in [0.717, 1.165) is 53.4 Å². The van der Waals surface area contributed by atoms with Gasteiger partial charge in [-0.05, 0) is 61.8 Å². The molecule has 0 amide bonds. The molecule has 1 fully saturated rings. The summed E-state index contributed by atoms with van der Waals surface area (Å²) in [5.41, 5.74) is 3.11.